The zero-order valence-electron chi connectivity index (χ0n) is 13.9. The van der Waals surface area contributed by atoms with Crippen LogP contribution in [0, 0.1) is 11.7 Å². The first-order chi connectivity index (χ1) is 12.5. The Labute approximate surface area is 155 Å². The highest BCUT2D eigenvalue weighted by Gasteiger charge is 2.23. The summed E-state index contributed by atoms with van der Waals surface area (Å²) in [6.07, 6.45) is 2.51. The molecule has 1 aromatic heterocycles. The number of carbonyl (C=O) groups is 2. The molecule has 2 aromatic rings. The fourth-order valence-corrected chi connectivity index (χ4v) is 2.94. The van der Waals surface area contributed by atoms with Gasteiger partial charge in [0.25, 0.3) is 5.91 Å². The molecule has 3 rings (SSSR count). The van der Waals surface area contributed by atoms with Crippen molar-refractivity contribution in [1.29, 1.82) is 0 Å². The van der Waals surface area contributed by atoms with Gasteiger partial charge in [0.2, 0.25) is 5.91 Å². The van der Waals surface area contributed by atoms with Gasteiger partial charge in [-0.3, -0.25) is 9.59 Å². The lowest BCUT2D eigenvalue weighted by Gasteiger charge is -2.22. The molecule has 0 atom stereocenters. The minimum Gasteiger partial charge on any atom is -0.325 e. The van der Waals surface area contributed by atoms with Gasteiger partial charge in [-0.1, -0.05) is 11.6 Å². The van der Waals surface area contributed by atoms with Crippen LogP contribution in [-0.2, 0) is 4.79 Å². The number of piperidine rings is 1. The highest BCUT2D eigenvalue weighted by atomic mass is 35.5. The third-order valence-corrected chi connectivity index (χ3v) is 4.40. The van der Waals surface area contributed by atoms with Gasteiger partial charge in [-0.05, 0) is 56.3 Å². The molecule has 1 saturated heterocycles. The van der Waals surface area contributed by atoms with Crippen molar-refractivity contribution in [3.8, 4) is 0 Å². The van der Waals surface area contributed by atoms with Crippen LogP contribution in [0.15, 0.2) is 36.5 Å². The van der Waals surface area contributed by atoms with E-state index < -0.39 is 11.7 Å². The molecule has 1 aliphatic rings. The monoisotopic (exact) mass is 376 g/mol. The molecule has 0 saturated carbocycles. The van der Waals surface area contributed by atoms with Gasteiger partial charge >= 0.3 is 0 Å². The Bertz CT molecular complexity index is 807. The number of carbonyl (C=O) groups excluding carboxylic acids is 2. The van der Waals surface area contributed by atoms with Crippen LogP contribution in [0.5, 0.6) is 0 Å². The molecule has 0 aliphatic carbocycles. The summed E-state index contributed by atoms with van der Waals surface area (Å²) >= 11 is 6.00. The van der Waals surface area contributed by atoms with E-state index in [2.05, 4.69) is 20.9 Å². The third kappa shape index (κ3) is 4.56. The lowest BCUT2D eigenvalue weighted by molar-refractivity contribution is -0.120. The van der Waals surface area contributed by atoms with Crippen LogP contribution in [0.2, 0.25) is 5.02 Å². The van der Waals surface area contributed by atoms with Crippen molar-refractivity contribution in [3.63, 3.8) is 0 Å². The summed E-state index contributed by atoms with van der Waals surface area (Å²) in [5.74, 6) is -1.01. The average Bonchev–Trinajstić information content (AvgIpc) is 2.65. The van der Waals surface area contributed by atoms with Crippen molar-refractivity contribution in [3.05, 3.63) is 52.9 Å². The van der Waals surface area contributed by atoms with Gasteiger partial charge in [0.05, 0.1) is 17.4 Å². The van der Waals surface area contributed by atoms with E-state index in [-0.39, 0.29) is 23.2 Å². The maximum absolute atomic E-state index is 12.9. The normalized spacial score (nSPS) is 14.7. The molecule has 26 heavy (non-hydrogen) atoms. The van der Waals surface area contributed by atoms with E-state index in [1.54, 1.807) is 12.1 Å². The van der Waals surface area contributed by atoms with E-state index in [1.807, 2.05) is 0 Å². The number of amides is 2. The second-order valence-electron chi connectivity index (χ2n) is 6.02. The molecule has 136 valence electrons. The number of anilines is 2. The minimum atomic E-state index is -0.499. The summed E-state index contributed by atoms with van der Waals surface area (Å²) in [5.41, 5.74) is 0.587. The number of halogens is 2. The van der Waals surface area contributed by atoms with Crippen LogP contribution < -0.4 is 16.0 Å². The van der Waals surface area contributed by atoms with Gasteiger partial charge in [-0.25, -0.2) is 9.37 Å². The number of benzene rings is 1. The van der Waals surface area contributed by atoms with Crippen LogP contribution in [0.4, 0.5) is 15.9 Å². The summed E-state index contributed by atoms with van der Waals surface area (Å²) in [5, 5.41) is 8.96. The van der Waals surface area contributed by atoms with E-state index in [4.69, 9.17) is 11.6 Å². The van der Waals surface area contributed by atoms with E-state index in [0.29, 0.717) is 10.7 Å². The van der Waals surface area contributed by atoms with Gasteiger partial charge in [0, 0.05) is 10.9 Å². The number of rotatable bonds is 4. The zero-order chi connectivity index (χ0) is 18.5. The number of nitrogens with zero attached hydrogens (tertiary/aromatic N) is 1. The molecule has 1 aromatic carbocycles. The first-order valence-corrected chi connectivity index (χ1v) is 8.65. The second kappa shape index (κ2) is 8.25. The van der Waals surface area contributed by atoms with Crippen molar-refractivity contribution < 1.29 is 14.0 Å². The van der Waals surface area contributed by atoms with Crippen LogP contribution in [-0.4, -0.2) is 29.9 Å². The Morgan fingerprint density at radius 1 is 1.15 bits per heavy atom. The van der Waals surface area contributed by atoms with E-state index in [1.165, 1.54) is 18.2 Å². The molecule has 6 nitrogen and oxygen atoms in total. The summed E-state index contributed by atoms with van der Waals surface area (Å²) in [6.45, 7) is 1.59. The fourth-order valence-electron chi connectivity index (χ4n) is 2.77. The summed E-state index contributed by atoms with van der Waals surface area (Å²) in [7, 11) is 0. The molecule has 0 spiro atoms. The van der Waals surface area contributed by atoms with Gasteiger partial charge in [-0.2, -0.15) is 0 Å². The number of aromatic nitrogens is 1. The number of nitrogens with one attached hydrogen (secondary N) is 3. The average molecular weight is 377 g/mol. The van der Waals surface area contributed by atoms with Crippen molar-refractivity contribution >= 4 is 34.9 Å². The SMILES string of the molecule is O=C(Nc1ccc(F)cn1)c1cc(Cl)ccc1NC(=O)C1CCNCC1. The Kier molecular flexibility index (Phi) is 5.80. The van der Waals surface area contributed by atoms with Gasteiger partial charge in [0.15, 0.2) is 0 Å². The quantitative estimate of drug-likeness (QED) is 0.765. The lowest BCUT2D eigenvalue weighted by atomic mass is 9.97. The number of hydrogen-bond donors (Lipinski definition) is 3. The van der Waals surface area contributed by atoms with E-state index >= 15 is 0 Å². The molecule has 0 bridgehead atoms. The number of hydrogen-bond acceptors (Lipinski definition) is 4. The zero-order valence-corrected chi connectivity index (χ0v) is 14.6. The number of pyridine rings is 1. The molecule has 0 radical (unpaired) electrons. The van der Waals surface area contributed by atoms with Crippen molar-refractivity contribution in [1.82, 2.24) is 10.3 Å². The maximum atomic E-state index is 12.9. The summed E-state index contributed by atoms with van der Waals surface area (Å²) < 4.78 is 12.9. The fraction of sp³-hybridized carbons (Fsp3) is 0.278. The maximum Gasteiger partial charge on any atom is 0.258 e. The predicted molar refractivity (Wildman–Crippen MR) is 97.8 cm³/mol. The molecular formula is C18H18ClFN4O2. The standard InChI is InChI=1S/C18H18ClFN4O2/c19-12-1-3-15(23-17(25)11-5-7-21-8-6-11)14(9-12)18(26)24-16-4-2-13(20)10-22-16/h1-4,9-11,21H,5-8H2,(H,23,25)(H,22,24,26). The smallest absolute Gasteiger partial charge is 0.258 e. The highest BCUT2D eigenvalue weighted by Crippen LogP contribution is 2.24. The van der Waals surface area contributed by atoms with Crippen molar-refractivity contribution in [2.75, 3.05) is 23.7 Å². The molecule has 1 aliphatic heterocycles. The first-order valence-electron chi connectivity index (χ1n) is 8.27. The molecule has 3 N–H and O–H groups in total. The highest BCUT2D eigenvalue weighted by molar-refractivity contribution is 6.31. The Morgan fingerprint density at radius 3 is 2.62 bits per heavy atom. The van der Waals surface area contributed by atoms with Crippen LogP contribution in [0.3, 0.4) is 0 Å². The summed E-state index contributed by atoms with van der Waals surface area (Å²) in [6, 6.07) is 7.21. The molecule has 8 heteroatoms. The van der Waals surface area contributed by atoms with E-state index in [9.17, 15) is 14.0 Å². The van der Waals surface area contributed by atoms with E-state index in [0.717, 1.165) is 32.1 Å². The molecule has 1 fully saturated rings. The molecular weight excluding hydrogens is 359 g/mol. The van der Waals surface area contributed by atoms with Gasteiger partial charge in [-0.15, -0.1) is 0 Å². The minimum absolute atomic E-state index is 0.0957. The van der Waals surface area contributed by atoms with Gasteiger partial charge in [0.1, 0.15) is 11.6 Å². The van der Waals surface area contributed by atoms with Crippen molar-refractivity contribution in [2.45, 2.75) is 12.8 Å². The topological polar surface area (TPSA) is 83.1 Å². The molecule has 0 unspecified atom stereocenters. The first kappa shape index (κ1) is 18.3. The molecule has 2 amide bonds. The van der Waals surface area contributed by atoms with Gasteiger partial charge < -0.3 is 16.0 Å². The molecule has 2 heterocycles. The largest absolute Gasteiger partial charge is 0.325 e. The Hall–Kier alpha value is -2.51. The Balaban J connectivity index is 1.77. The Morgan fingerprint density at radius 2 is 1.92 bits per heavy atom. The van der Waals surface area contributed by atoms with Crippen LogP contribution >= 0.6 is 11.6 Å². The van der Waals surface area contributed by atoms with Crippen LogP contribution in [0.1, 0.15) is 23.2 Å². The van der Waals surface area contributed by atoms with Crippen LogP contribution in [0.25, 0.3) is 0 Å². The summed E-state index contributed by atoms with van der Waals surface area (Å²) in [4.78, 5) is 28.8. The lowest BCUT2D eigenvalue weighted by Crippen LogP contribution is -2.35. The second-order valence-corrected chi connectivity index (χ2v) is 6.46. The predicted octanol–water partition coefficient (Wildman–Crippen LogP) is 3.06. The van der Waals surface area contributed by atoms with Crippen molar-refractivity contribution in [2.24, 2.45) is 5.92 Å². The third-order valence-electron chi connectivity index (χ3n) is 4.16.